The van der Waals surface area contributed by atoms with Crippen LogP contribution in [0.1, 0.15) is 17.8 Å². The lowest BCUT2D eigenvalue weighted by Gasteiger charge is -2.03. The van der Waals surface area contributed by atoms with Gasteiger partial charge in [0.25, 0.3) is 0 Å². The van der Waals surface area contributed by atoms with Crippen molar-refractivity contribution in [2.24, 2.45) is 0 Å². The normalized spacial score (nSPS) is 10.1. The zero-order valence-corrected chi connectivity index (χ0v) is 9.66. The second-order valence-corrected chi connectivity index (χ2v) is 3.65. The summed E-state index contributed by atoms with van der Waals surface area (Å²) in [5, 5.41) is 0.979. The smallest absolute Gasteiger partial charge is 0.0888 e. The Morgan fingerprint density at radius 1 is 1.50 bits per heavy atom. The van der Waals surface area contributed by atoms with Crippen LogP contribution in [0.3, 0.4) is 0 Å². The molecule has 3 heteroatoms. The van der Waals surface area contributed by atoms with Gasteiger partial charge in [0.2, 0.25) is 0 Å². The van der Waals surface area contributed by atoms with Gasteiger partial charge in [-0.15, -0.1) is 0 Å². The summed E-state index contributed by atoms with van der Waals surface area (Å²) in [6.45, 7) is 5.02. The lowest BCUT2D eigenvalue weighted by Crippen LogP contribution is -1.98. The highest BCUT2D eigenvalue weighted by molar-refractivity contribution is 9.09. The van der Waals surface area contributed by atoms with Gasteiger partial charge in [0.05, 0.1) is 18.0 Å². The minimum atomic E-state index is 0.578. The lowest BCUT2D eigenvalue weighted by molar-refractivity contribution is 0.119. The third-order valence-corrected chi connectivity index (χ3v) is 2.27. The highest BCUT2D eigenvalue weighted by Crippen LogP contribution is 2.02. The Morgan fingerprint density at radius 2 is 2.36 bits per heavy atom. The minimum absolute atomic E-state index is 0.578. The van der Waals surface area contributed by atoms with Crippen LogP contribution in [0.15, 0.2) is 24.8 Å². The lowest BCUT2D eigenvalue weighted by atomic mass is 10.3. The fraction of sp³-hybridized carbons (Fsp3) is 0.364. The molecule has 0 radical (unpaired) electrons. The van der Waals surface area contributed by atoms with Crippen molar-refractivity contribution in [3.05, 3.63) is 36.2 Å². The minimum Gasteiger partial charge on any atom is -0.375 e. The van der Waals surface area contributed by atoms with Crippen LogP contribution < -0.4 is 0 Å². The Hall–Kier alpha value is -0.670. The van der Waals surface area contributed by atoms with E-state index in [1.54, 1.807) is 6.08 Å². The van der Waals surface area contributed by atoms with Crippen molar-refractivity contribution in [1.29, 1.82) is 0 Å². The summed E-state index contributed by atoms with van der Waals surface area (Å²) in [6, 6.07) is 5.85. The molecule has 0 unspecified atom stereocenters. The highest BCUT2D eigenvalue weighted by Gasteiger charge is 1.95. The average molecular weight is 256 g/mol. The Balaban J connectivity index is 2.38. The van der Waals surface area contributed by atoms with Gasteiger partial charge in [0.15, 0.2) is 0 Å². The number of rotatable bonds is 6. The number of pyridine rings is 1. The van der Waals surface area contributed by atoms with Crippen molar-refractivity contribution in [3.63, 3.8) is 0 Å². The van der Waals surface area contributed by atoms with Gasteiger partial charge >= 0.3 is 0 Å². The first-order chi connectivity index (χ1) is 6.86. The van der Waals surface area contributed by atoms with E-state index in [0.717, 1.165) is 29.7 Å². The summed E-state index contributed by atoms with van der Waals surface area (Å²) in [7, 11) is 0. The Labute approximate surface area is 93.1 Å². The van der Waals surface area contributed by atoms with Gasteiger partial charge in [-0.2, -0.15) is 0 Å². The van der Waals surface area contributed by atoms with Crippen LogP contribution in [0, 0.1) is 0 Å². The van der Waals surface area contributed by atoms with Gasteiger partial charge < -0.3 is 4.74 Å². The maximum Gasteiger partial charge on any atom is 0.0888 e. The predicted octanol–water partition coefficient (Wildman–Crippen LogP) is 3.03. The molecule has 0 spiro atoms. The molecule has 2 nitrogen and oxygen atoms in total. The SMILES string of the molecule is C=Cc1cccc(COCCCBr)n1. The fourth-order valence-corrected chi connectivity index (χ4v) is 1.25. The van der Waals surface area contributed by atoms with Crippen molar-refractivity contribution < 1.29 is 4.74 Å². The van der Waals surface area contributed by atoms with E-state index in [1.165, 1.54) is 0 Å². The van der Waals surface area contributed by atoms with Gasteiger partial charge in [0.1, 0.15) is 0 Å². The number of nitrogens with zero attached hydrogens (tertiary/aromatic N) is 1. The third-order valence-electron chi connectivity index (χ3n) is 1.71. The zero-order chi connectivity index (χ0) is 10.2. The Bertz CT molecular complexity index is 288. The van der Waals surface area contributed by atoms with E-state index in [0.29, 0.717) is 6.61 Å². The van der Waals surface area contributed by atoms with Crippen molar-refractivity contribution in [2.45, 2.75) is 13.0 Å². The number of hydrogen-bond acceptors (Lipinski definition) is 2. The molecule has 0 aliphatic heterocycles. The van der Waals surface area contributed by atoms with Crippen LogP contribution in [-0.4, -0.2) is 16.9 Å². The molecule has 0 saturated carbocycles. The molecule has 0 N–H and O–H groups in total. The first-order valence-electron chi connectivity index (χ1n) is 4.59. The molecule has 76 valence electrons. The van der Waals surface area contributed by atoms with Crippen LogP contribution in [0.25, 0.3) is 6.08 Å². The van der Waals surface area contributed by atoms with Gasteiger partial charge in [-0.25, -0.2) is 0 Å². The summed E-state index contributed by atoms with van der Waals surface area (Å²) in [6.07, 6.45) is 2.77. The molecule has 0 amide bonds. The third kappa shape index (κ3) is 4.03. The van der Waals surface area contributed by atoms with Crippen LogP contribution >= 0.6 is 15.9 Å². The van der Waals surface area contributed by atoms with E-state index < -0.39 is 0 Å². The molecular formula is C11H14BrNO. The summed E-state index contributed by atoms with van der Waals surface area (Å²) in [5.41, 5.74) is 1.85. The van der Waals surface area contributed by atoms with Gasteiger partial charge in [0, 0.05) is 11.9 Å². The Kier molecular flexibility index (Phi) is 5.49. The molecule has 0 bridgehead atoms. The number of ether oxygens (including phenoxy) is 1. The van der Waals surface area contributed by atoms with Crippen LogP contribution in [-0.2, 0) is 11.3 Å². The van der Waals surface area contributed by atoms with E-state index >= 15 is 0 Å². The summed E-state index contributed by atoms with van der Waals surface area (Å²) in [5.74, 6) is 0. The fourth-order valence-electron chi connectivity index (χ4n) is 1.03. The standard InChI is InChI=1S/C11H14BrNO/c1-2-10-5-3-6-11(13-10)9-14-8-4-7-12/h2-3,5-6H,1,4,7-9H2. The molecule has 0 aliphatic rings. The molecule has 0 fully saturated rings. The summed E-state index contributed by atoms with van der Waals surface area (Å²) < 4.78 is 5.43. The predicted molar refractivity (Wildman–Crippen MR) is 62.4 cm³/mol. The molecule has 0 aromatic carbocycles. The first-order valence-corrected chi connectivity index (χ1v) is 5.71. The number of alkyl halides is 1. The maximum absolute atomic E-state index is 5.43. The van der Waals surface area contributed by atoms with E-state index in [4.69, 9.17) is 4.74 Å². The second kappa shape index (κ2) is 6.74. The molecule has 14 heavy (non-hydrogen) atoms. The van der Waals surface area contributed by atoms with Gasteiger partial charge in [-0.05, 0) is 24.6 Å². The van der Waals surface area contributed by atoms with E-state index in [-0.39, 0.29) is 0 Å². The quantitative estimate of drug-likeness (QED) is 0.576. The van der Waals surface area contributed by atoms with Gasteiger partial charge in [-0.1, -0.05) is 28.6 Å². The van der Waals surface area contributed by atoms with E-state index in [2.05, 4.69) is 27.5 Å². The van der Waals surface area contributed by atoms with Crippen molar-refractivity contribution >= 4 is 22.0 Å². The van der Waals surface area contributed by atoms with Crippen LogP contribution in [0.2, 0.25) is 0 Å². The molecule has 1 rings (SSSR count). The number of hydrogen-bond donors (Lipinski definition) is 0. The van der Waals surface area contributed by atoms with Crippen molar-refractivity contribution in [2.75, 3.05) is 11.9 Å². The molecule has 0 saturated heterocycles. The maximum atomic E-state index is 5.43. The largest absolute Gasteiger partial charge is 0.375 e. The van der Waals surface area contributed by atoms with Crippen molar-refractivity contribution in [3.8, 4) is 0 Å². The van der Waals surface area contributed by atoms with E-state index in [1.807, 2.05) is 18.2 Å². The monoisotopic (exact) mass is 255 g/mol. The highest BCUT2D eigenvalue weighted by atomic mass is 79.9. The topological polar surface area (TPSA) is 22.1 Å². The van der Waals surface area contributed by atoms with Crippen molar-refractivity contribution in [1.82, 2.24) is 4.98 Å². The molecular weight excluding hydrogens is 242 g/mol. The van der Waals surface area contributed by atoms with Crippen LogP contribution in [0.5, 0.6) is 0 Å². The number of halogens is 1. The van der Waals surface area contributed by atoms with E-state index in [9.17, 15) is 0 Å². The first kappa shape index (κ1) is 11.4. The molecule has 1 aromatic rings. The van der Waals surface area contributed by atoms with Gasteiger partial charge in [-0.3, -0.25) is 4.98 Å². The number of aromatic nitrogens is 1. The molecule has 0 aliphatic carbocycles. The molecule has 1 aromatic heterocycles. The second-order valence-electron chi connectivity index (χ2n) is 2.85. The molecule has 1 heterocycles. The van der Waals surface area contributed by atoms with Crippen LogP contribution in [0.4, 0.5) is 0 Å². The summed E-state index contributed by atoms with van der Waals surface area (Å²) >= 11 is 3.35. The zero-order valence-electron chi connectivity index (χ0n) is 8.08. The average Bonchev–Trinajstić information content (AvgIpc) is 2.25. The summed E-state index contributed by atoms with van der Waals surface area (Å²) in [4.78, 5) is 4.33. The molecule has 0 atom stereocenters. The Morgan fingerprint density at radius 3 is 3.07 bits per heavy atom.